The van der Waals surface area contributed by atoms with Crippen LogP contribution in [0.15, 0.2) is 53.5 Å². The van der Waals surface area contributed by atoms with E-state index in [-0.39, 0.29) is 6.04 Å². The Morgan fingerprint density at radius 1 is 0.938 bits per heavy atom. The zero-order chi connectivity index (χ0) is 22.4. The number of aliphatic imine (C=N–C) groups is 1. The lowest BCUT2D eigenvalue weighted by molar-refractivity contribution is 0.724. The van der Waals surface area contributed by atoms with Gasteiger partial charge in [0.1, 0.15) is 16.9 Å². The molecule has 1 aliphatic heterocycles. The number of thiophene rings is 1. The maximum atomic E-state index is 6.15. The molecule has 0 saturated carbocycles. The van der Waals surface area contributed by atoms with Crippen LogP contribution >= 0.6 is 22.9 Å². The summed E-state index contributed by atoms with van der Waals surface area (Å²) in [5.74, 6) is 8.41. The maximum absolute atomic E-state index is 6.15. The predicted octanol–water partition coefficient (Wildman–Crippen LogP) is 6.22. The second-order valence-electron chi connectivity index (χ2n) is 7.95. The smallest absolute Gasteiger partial charge is 0.162 e. The molecule has 32 heavy (non-hydrogen) atoms. The van der Waals surface area contributed by atoms with Gasteiger partial charge in [0.2, 0.25) is 0 Å². The quantitative estimate of drug-likeness (QED) is 0.319. The zero-order valence-corrected chi connectivity index (χ0v) is 19.8. The molecule has 0 unspecified atom stereocenters. The van der Waals surface area contributed by atoms with Crippen LogP contribution in [0, 0.1) is 32.6 Å². The summed E-state index contributed by atoms with van der Waals surface area (Å²) in [6.07, 6.45) is 0. The van der Waals surface area contributed by atoms with Gasteiger partial charge in [0.05, 0.1) is 10.6 Å². The van der Waals surface area contributed by atoms with Crippen LogP contribution < -0.4 is 0 Å². The molecule has 0 N–H and O–H groups in total. The molecule has 0 spiro atoms. The van der Waals surface area contributed by atoms with Gasteiger partial charge < -0.3 is 0 Å². The van der Waals surface area contributed by atoms with Gasteiger partial charge in [-0.05, 0) is 57.5 Å². The monoisotopic (exact) mass is 456 g/mol. The third-order valence-corrected chi connectivity index (χ3v) is 7.05. The summed E-state index contributed by atoms with van der Waals surface area (Å²) in [5, 5.41) is 10.5. The SMILES string of the molecule is Cc1ccc(C#Cc2sc3c(c2C)C(c2ccc(Cl)cc2)=N[C@@H](C)c2nnc(C)n2-3)cc1. The Hall–Kier alpha value is -3.20. The molecule has 4 aromatic rings. The van der Waals surface area contributed by atoms with Gasteiger partial charge in [-0.3, -0.25) is 9.56 Å². The molecule has 0 radical (unpaired) electrons. The van der Waals surface area contributed by atoms with Gasteiger partial charge >= 0.3 is 0 Å². The van der Waals surface area contributed by atoms with Crippen LogP contribution in [-0.2, 0) is 0 Å². The molecule has 2 aromatic heterocycles. The van der Waals surface area contributed by atoms with E-state index in [0.29, 0.717) is 5.02 Å². The highest BCUT2D eigenvalue weighted by Gasteiger charge is 2.29. The molecular weight excluding hydrogens is 436 g/mol. The summed E-state index contributed by atoms with van der Waals surface area (Å²) in [6, 6.07) is 16.0. The molecule has 0 saturated heterocycles. The Kier molecular flexibility index (Phi) is 5.21. The van der Waals surface area contributed by atoms with Crippen LogP contribution in [0.4, 0.5) is 0 Å². The van der Waals surface area contributed by atoms with Crippen molar-refractivity contribution >= 4 is 28.6 Å². The molecule has 0 amide bonds. The lowest BCUT2D eigenvalue weighted by Crippen LogP contribution is -2.07. The Morgan fingerprint density at radius 2 is 1.66 bits per heavy atom. The molecule has 3 heterocycles. The van der Waals surface area contributed by atoms with Crippen molar-refractivity contribution in [1.29, 1.82) is 0 Å². The number of benzene rings is 2. The molecule has 5 rings (SSSR count). The molecule has 1 aliphatic rings. The largest absolute Gasteiger partial charge is 0.273 e. The van der Waals surface area contributed by atoms with Crippen molar-refractivity contribution < 1.29 is 0 Å². The first-order valence-corrected chi connectivity index (χ1v) is 11.6. The maximum Gasteiger partial charge on any atom is 0.162 e. The van der Waals surface area contributed by atoms with E-state index >= 15 is 0 Å². The Morgan fingerprint density at radius 3 is 2.38 bits per heavy atom. The highest BCUT2D eigenvalue weighted by atomic mass is 35.5. The van der Waals surface area contributed by atoms with Crippen molar-refractivity contribution in [3.05, 3.63) is 97.9 Å². The topological polar surface area (TPSA) is 43.1 Å². The van der Waals surface area contributed by atoms with Crippen LogP contribution in [0.3, 0.4) is 0 Å². The van der Waals surface area contributed by atoms with Crippen molar-refractivity contribution in [3.8, 4) is 16.8 Å². The van der Waals surface area contributed by atoms with E-state index in [1.807, 2.05) is 31.2 Å². The summed E-state index contributed by atoms with van der Waals surface area (Å²) in [6.45, 7) is 8.23. The van der Waals surface area contributed by atoms with E-state index in [1.165, 1.54) is 5.56 Å². The number of nitrogens with zero attached hydrogens (tertiary/aromatic N) is 4. The fourth-order valence-corrected chi connectivity index (χ4v) is 5.21. The number of halogens is 1. The number of hydrogen-bond donors (Lipinski definition) is 0. The lowest BCUT2D eigenvalue weighted by atomic mass is 9.99. The molecular formula is C26H21ClN4S. The lowest BCUT2D eigenvalue weighted by Gasteiger charge is -2.09. The van der Waals surface area contributed by atoms with Crippen molar-refractivity contribution in [2.45, 2.75) is 33.7 Å². The van der Waals surface area contributed by atoms with Gasteiger partial charge in [-0.1, -0.05) is 53.3 Å². The summed E-state index contributed by atoms with van der Waals surface area (Å²) >= 11 is 7.82. The Labute approximate surface area is 196 Å². The number of aromatic nitrogens is 3. The molecule has 0 bridgehead atoms. The van der Waals surface area contributed by atoms with E-state index < -0.39 is 0 Å². The third kappa shape index (κ3) is 3.56. The standard InChI is InChI=1S/C26H21ClN4S/c1-15-5-7-19(8-6-15)9-14-22-16(2)23-24(20-10-12-21(27)13-11-20)28-17(3)25-30-29-18(4)31(25)26(23)32-22/h5-8,10-13,17H,1-4H3/t17-/m0/s1. The van der Waals surface area contributed by atoms with Gasteiger partial charge in [0, 0.05) is 21.7 Å². The number of fused-ring (bicyclic) bond motifs is 3. The minimum atomic E-state index is -0.122. The van der Waals surface area contributed by atoms with E-state index in [0.717, 1.165) is 49.5 Å². The van der Waals surface area contributed by atoms with Crippen LogP contribution in [0.2, 0.25) is 5.02 Å². The van der Waals surface area contributed by atoms with Crippen LogP contribution in [-0.4, -0.2) is 20.5 Å². The van der Waals surface area contributed by atoms with E-state index in [2.05, 4.69) is 71.6 Å². The number of aryl methyl sites for hydroxylation is 2. The van der Waals surface area contributed by atoms with Gasteiger partial charge in [0.25, 0.3) is 0 Å². The second kappa shape index (κ2) is 8.05. The molecule has 0 aliphatic carbocycles. The fraction of sp³-hybridized carbons (Fsp3) is 0.192. The van der Waals surface area contributed by atoms with Gasteiger partial charge in [-0.25, -0.2) is 0 Å². The zero-order valence-electron chi connectivity index (χ0n) is 18.3. The Bertz CT molecular complexity index is 1410. The third-order valence-electron chi connectivity index (χ3n) is 5.60. The molecule has 0 fully saturated rings. The van der Waals surface area contributed by atoms with E-state index in [9.17, 15) is 0 Å². The molecule has 4 nitrogen and oxygen atoms in total. The predicted molar refractivity (Wildman–Crippen MR) is 131 cm³/mol. The Balaban J connectivity index is 1.72. The minimum Gasteiger partial charge on any atom is -0.273 e. The van der Waals surface area contributed by atoms with Crippen molar-refractivity contribution in [1.82, 2.24) is 14.8 Å². The summed E-state index contributed by atoms with van der Waals surface area (Å²) in [5.41, 5.74) is 6.39. The number of hydrogen-bond acceptors (Lipinski definition) is 4. The minimum absolute atomic E-state index is 0.122. The molecule has 158 valence electrons. The van der Waals surface area contributed by atoms with Crippen LogP contribution in [0.1, 0.15) is 57.3 Å². The summed E-state index contributed by atoms with van der Waals surface area (Å²) in [7, 11) is 0. The van der Waals surface area contributed by atoms with Crippen molar-refractivity contribution in [2.75, 3.05) is 0 Å². The summed E-state index contributed by atoms with van der Waals surface area (Å²) in [4.78, 5) is 6.10. The van der Waals surface area contributed by atoms with Crippen LogP contribution in [0.25, 0.3) is 5.00 Å². The van der Waals surface area contributed by atoms with Crippen molar-refractivity contribution in [2.24, 2.45) is 4.99 Å². The van der Waals surface area contributed by atoms with Crippen LogP contribution in [0.5, 0.6) is 0 Å². The molecule has 2 aromatic carbocycles. The fourth-order valence-electron chi connectivity index (χ4n) is 3.86. The highest BCUT2D eigenvalue weighted by Crippen LogP contribution is 2.38. The first kappa shape index (κ1) is 20.7. The molecule has 1 atom stereocenters. The average molecular weight is 457 g/mol. The van der Waals surface area contributed by atoms with Crippen molar-refractivity contribution in [3.63, 3.8) is 0 Å². The first-order chi connectivity index (χ1) is 15.4. The normalized spacial score (nSPS) is 14.7. The average Bonchev–Trinajstić information content (AvgIpc) is 3.28. The number of rotatable bonds is 1. The second-order valence-corrected chi connectivity index (χ2v) is 9.39. The van der Waals surface area contributed by atoms with E-state index in [1.54, 1.807) is 11.3 Å². The van der Waals surface area contributed by atoms with Gasteiger partial charge in [-0.2, -0.15) is 0 Å². The molecule has 6 heteroatoms. The van der Waals surface area contributed by atoms with Gasteiger partial charge in [-0.15, -0.1) is 21.5 Å². The highest BCUT2D eigenvalue weighted by molar-refractivity contribution is 7.15. The van der Waals surface area contributed by atoms with E-state index in [4.69, 9.17) is 16.6 Å². The summed E-state index contributed by atoms with van der Waals surface area (Å²) < 4.78 is 2.13. The van der Waals surface area contributed by atoms with Gasteiger partial charge in [0.15, 0.2) is 5.82 Å². The first-order valence-electron chi connectivity index (χ1n) is 10.4.